The molecule has 0 aliphatic heterocycles. The van der Waals surface area contributed by atoms with Gasteiger partial charge in [-0.15, -0.1) is 12.4 Å². The highest BCUT2D eigenvalue weighted by molar-refractivity contribution is 5.85. The van der Waals surface area contributed by atoms with E-state index in [4.69, 9.17) is 4.74 Å². The lowest BCUT2D eigenvalue weighted by molar-refractivity contribution is 0.240. The highest BCUT2D eigenvalue weighted by Gasteiger charge is 2.24. The molecule has 1 N–H and O–H groups in total. The second-order valence-electron chi connectivity index (χ2n) is 8.54. The Balaban J connectivity index is 0.00000338. The number of hydrogen-bond donors (Lipinski definition) is 1. The Kier molecular flexibility index (Phi) is 8.11. The summed E-state index contributed by atoms with van der Waals surface area (Å²) >= 11 is 0. The van der Waals surface area contributed by atoms with E-state index in [-0.39, 0.29) is 29.2 Å². The molecule has 2 nitrogen and oxygen atoms in total. The highest BCUT2D eigenvalue weighted by Crippen LogP contribution is 2.27. The lowest BCUT2D eigenvalue weighted by atomic mass is 9.82. The summed E-state index contributed by atoms with van der Waals surface area (Å²) in [7, 11) is 0. The minimum Gasteiger partial charge on any atom is -0.489 e. The Morgan fingerprint density at radius 3 is 2.19 bits per heavy atom. The van der Waals surface area contributed by atoms with Gasteiger partial charge in [0, 0.05) is 12.1 Å². The van der Waals surface area contributed by atoms with Crippen molar-refractivity contribution >= 4 is 12.4 Å². The van der Waals surface area contributed by atoms with E-state index in [1.807, 2.05) is 12.1 Å². The van der Waals surface area contributed by atoms with Crippen molar-refractivity contribution in [1.82, 2.24) is 5.32 Å². The largest absolute Gasteiger partial charge is 0.489 e. The zero-order valence-corrected chi connectivity index (χ0v) is 17.3. The maximum atomic E-state index is 12.9. The van der Waals surface area contributed by atoms with Crippen LogP contribution in [0.3, 0.4) is 0 Å². The van der Waals surface area contributed by atoms with E-state index in [1.54, 1.807) is 12.1 Å². The molecule has 0 amide bonds. The topological polar surface area (TPSA) is 21.3 Å². The van der Waals surface area contributed by atoms with Crippen molar-refractivity contribution in [2.45, 2.75) is 59.7 Å². The molecule has 0 aliphatic rings. The van der Waals surface area contributed by atoms with Gasteiger partial charge in [-0.05, 0) is 61.1 Å². The van der Waals surface area contributed by atoms with E-state index >= 15 is 0 Å². The molecule has 2 aromatic carbocycles. The van der Waals surface area contributed by atoms with Gasteiger partial charge in [0.25, 0.3) is 0 Å². The molecular weight excluding hydrogens is 349 g/mol. The zero-order chi connectivity index (χ0) is 18.5. The standard InChI is InChI=1S/C22H30FNO.ClH/c1-21(2,3)16-22(4,5)24-14-18-7-6-8-20(13-18)25-15-17-9-11-19(23)12-10-17;/h6-13,24H,14-16H2,1-5H3;1H. The van der Waals surface area contributed by atoms with Crippen LogP contribution in [0, 0.1) is 11.2 Å². The van der Waals surface area contributed by atoms with Crippen LogP contribution < -0.4 is 10.1 Å². The molecule has 0 saturated carbocycles. The number of ether oxygens (including phenoxy) is 1. The lowest BCUT2D eigenvalue weighted by Gasteiger charge is -2.33. The van der Waals surface area contributed by atoms with Crippen molar-refractivity contribution in [2.24, 2.45) is 5.41 Å². The van der Waals surface area contributed by atoms with Gasteiger partial charge < -0.3 is 10.1 Å². The molecule has 0 atom stereocenters. The van der Waals surface area contributed by atoms with E-state index in [2.05, 4.69) is 52.1 Å². The number of nitrogens with one attached hydrogen (secondary N) is 1. The van der Waals surface area contributed by atoms with Gasteiger partial charge in [0.2, 0.25) is 0 Å². The fourth-order valence-corrected chi connectivity index (χ4v) is 3.22. The summed E-state index contributed by atoms with van der Waals surface area (Å²) in [5.41, 5.74) is 2.51. The first-order valence-corrected chi connectivity index (χ1v) is 8.84. The van der Waals surface area contributed by atoms with Gasteiger partial charge in [0.15, 0.2) is 0 Å². The maximum Gasteiger partial charge on any atom is 0.123 e. The van der Waals surface area contributed by atoms with Crippen LogP contribution in [-0.2, 0) is 13.2 Å². The van der Waals surface area contributed by atoms with Crippen LogP contribution in [0.4, 0.5) is 4.39 Å². The Morgan fingerprint density at radius 1 is 0.923 bits per heavy atom. The number of rotatable bonds is 7. The normalized spacial score (nSPS) is 11.8. The average molecular weight is 380 g/mol. The highest BCUT2D eigenvalue weighted by atomic mass is 35.5. The minimum atomic E-state index is -0.227. The molecule has 0 heterocycles. The van der Waals surface area contributed by atoms with Crippen LogP contribution in [0.2, 0.25) is 0 Å². The first kappa shape index (κ1) is 22.5. The lowest BCUT2D eigenvalue weighted by Crippen LogP contribution is -2.41. The first-order chi connectivity index (χ1) is 11.6. The van der Waals surface area contributed by atoms with Crippen molar-refractivity contribution in [1.29, 1.82) is 0 Å². The number of benzene rings is 2. The molecule has 0 fully saturated rings. The van der Waals surface area contributed by atoms with Crippen molar-refractivity contribution in [3.05, 3.63) is 65.5 Å². The molecule has 0 spiro atoms. The van der Waals surface area contributed by atoms with Crippen LogP contribution in [0.1, 0.15) is 52.2 Å². The smallest absolute Gasteiger partial charge is 0.123 e. The van der Waals surface area contributed by atoms with Crippen molar-refractivity contribution < 1.29 is 9.13 Å². The van der Waals surface area contributed by atoms with Gasteiger partial charge in [-0.25, -0.2) is 4.39 Å². The molecule has 26 heavy (non-hydrogen) atoms. The summed E-state index contributed by atoms with van der Waals surface area (Å²) < 4.78 is 18.8. The average Bonchev–Trinajstić information content (AvgIpc) is 2.51. The molecule has 144 valence electrons. The van der Waals surface area contributed by atoms with Gasteiger partial charge in [0.1, 0.15) is 18.2 Å². The van der Waals surface area contributed by atoms with Gasteiger partial charge in [-0.3, -0.25) is 0 Å². The first-order valence-electron chi connectivity index (χ1n) is 8.84. The van der Waals surface area contributed by atoms with Crippen molar-refractivity contribution in [2.75, 3.05) is 0 Å². The van der Waals surface area contributed by atoms with Crippen LogP contribution >= 0.6 is 12.4 Å². The van der Waals surface area contributed by atoms with Crippen LogP contribution in [-0.4, -0.2) is 5.54 Å². The van der Waals surface area contributed by atoms with Crippen LogP contribution in [0.15, 0.2) is 48.5 Å². The third-order valence-corrected chi connectivity index (χ3v) is 3.96. The predicted molar refractivity (Wildman–Crippen MR) is 109 cm³/mol. The molecular formula is C22H31ClFNO. The van der Waals surface area contributed by atoms with E-state index in [0.717, 1.165) is 24.3 Å². The molecule has 0 aliphatic carbocycles. The molecule has 0 radical (unpaired) electrons. The van der Waals surface area contributed by atoms with Gasteiger partial charge in [-0.2, -0.15) is 0 Å². The summed E-state index contributed by atoms with van der Waals surface area (Å²) in [6, 6.07) is 14.5. The SMILES string of the molecule is CC(C)(C)CC(C)(C)NCc1cccc(OCc2ccc(F)cc2)c1.Cl. The molecule has 0 bridgehead atoms. The van der Waals surface area contributed by atoms with Gasteiger partial charge in [-0.1, -0.05) is 45.0 Å². The van der Waals surface area contributed by atoms with E-state index < -0.39 is 0 Å². The van der Waals surface area contributed by atoms with Crippen molar-refractivity contribution in [3.8, 4) is 5.75 Å². The Labute approximate surface area is 163 Å². The number of halogens is 2. The summed E-state index contributed by atoms with van der Waals surface area (Å²) in [5.74, 6) is 0.604. The Morgan fingerprint density at radius 2 is 1.58 bits per heavy atom. The second kappa shape index (κ2) is 9.38. The molecule has 0 unspecified atom stereocenters. The predicted octanol–water partition coefficient (Wildman–Crippen LogP) is 6.13. The maximum absolute atomic E-state index is 12.9. The molecule has 2 aromatic rings. The molecule has 0 aromatic heterocycles. The van der Waals surface area contributed by atoms with Crippen LogP contribution in [0.25, 0.3) is 0 Å². The third-order valence-electron chi connectivity index (χ3n) is 3.96. The fourth-order valence-electron chi connectivity index (χ4n) is 3.22. The fraction of sp³-hybridized carbons (Fsp3) is 0.455. The summed E-state index contributed by atoms with van der Waals surface area (Å²) in [4.78, 5) is 0. The third kappa shape index (κ3) is 8.20. The molecule has 2 rings (SSSR count). The van der Waals surface area contributed by atoms with Crippen molar-refractivity contribution in [3.63, 3.8) is 0 Å². The zero-order valence-electron chi connectivity index (χ0n) is 16.4. The van der Waals surface area contributed by atoms with E-state index in [1.165, 1.54) is 17.7 Å². The van der Waals surface area contributed by atoms with Gasteiger partial charge >= 0.3 is 0 Å². The second-order valence-corrected chi connectivity index (χ2v) is 8.54. The van der Waals surface area contributed by atoms with Gasteiger partial charge in [0.05, 0.1) is 0 Å². The Hall–Kier alpha value is -1.58. The van der Waals surface area contributed by atoms with Crippen LogP contribution in [0.5, 0.6) is 5.75 Å². The molecule has 0 saturated heterocycles. The summed E-state index contributed by atoms with van der Waals surface area (Å²) in [5, 5.41) is 3.64. The summed E-state index contributed by atoms with van der Waals surface area (Å²) in [6.07, 6.45) is 1.10. The Bertz CT molecular complexity index is 677. The van der Waals surface area contributed by atoms with E-state index in [0.29, 0.717) is 6.61 Å². The quantitative estimate of drug-likeness (QED) is 0.624. The van der Waals surface area contributed by atoms with E-state index in [9.17, 15) is 4.39 Å². The summed E-state index contributed by atoms with van der Waals surface area (Å²) in [6.45, 7) is 12.5. The monoisotopic (exact) mass is 379 g/mol. The number of hydrogen-bond acceptors (Lipinski definition) is 2. The minimum absolute atomic E-state index is 0. The molecule has 4 heteroatoms.